The maximum atomic E-state index is 6.23. The van der Waals surface area contributed by atoms with Crippen LogP contribution in [0.5, 0.6) is 0 Å². The summed E-state index contributed by atoms with van der Waals surface area (Å²) in [6.07, 6.45) is 16.7. The molecule has 0 saturated heterocycles. The van der Waals surface area contributed by atoms with E-state index in [1.807, 2.05) is 0 Å². The number of hydrogen-bond donors (Lipinski definition) is 1. The molecule has 2 atom stereocenters. The highest BCUT2D eigenvalue weighted by Gasteiger charge is 2.22. The predicted molar refractivity (Wildman–Crippen MR) is 88.3 cm³/mol. The summed E-state index contributed by atoms with van der Waals surface area (Å²) in [5, 5.41) is 3.65. The number of rotatable bonds is 10. The van der Waals surface area contributed by atoms with Gasteiger partial charge in [-0.15, -0.1) is 0 Å². The summed E-state index contributed by atoms with van der Waals surface area (Å²) >= 11 is 0. The van der Waals surface area contributed by atoms with Crippen LogP contribution in [0.3, 0.4) is 0 Å². The van der Waals surface area contributed by atoms with Crippen LogP contribution >= 0.6 is 0 Å². The molecule has 0 aromatic carbocycles. The Morgan fingerprint density at radius 3 is 2.30 bits per heavy atom. The van der Waals surface area contributed by atoms with Gasteiger partial charge in [-0.2, -0.15) is 0 Å². The lowest BCUT2D eigenvalue weighted by atomic mass is 9.94. The van der Waals surface area contributed by atoms with Gasteiger partial charge in [-0.3, -0.25) is 0 Å². The van der Waals surface area contributed by atoms with Crippen molar-refractivity contribution in [2.24, 2.45) is 0 Å². The number of unbranched alkanes of at least 4 members (excludes halogenated alkanes) is 5. The average molecular weight is 284 g/mol. The van der Waals surface area contributed by atoms with Crippen LogP contribution in [-0.2, 0) is 4.74 Å². The lowest BCUT2D eigenvalue weighted by molar-refractivity contribution is 0.0118. The van der Waals surface area contributed by atoms with E-state index in [9.17, 15) is 0 Å². The van der Waals surface area contributed by atoms with Crippen molar-refractivity contribution in [1.82, 2.24) is 5.32 Å². The third-order valence-corrected chi connectivity index (χ3v) is 4.50. The number of likely N-dealkylation sites (N-methyl/N-ethyl adjacent to an activating group) is 1. The van der Waals surface area contributed by atoms with E-state index in [0.717, 1.165) is 13.2 Å². The van der Waals surface area contributed by atoms with Gasteiger partial charge in [-0.1, -0.05) is 71.6 Å². The molecule has 1 saturated carbocycles. The zero-order valence-corrected chi connectivity index (χ0v) is 14.0. The molecular formula is C18H37NO. The van der Waals surface area contributed by atoms with E-state index in [1.54, 1.807) is 0 Å². The van der Waals surface area contributed by atoms with E-state index >= 15 is 0 Å². The van der Waals surface area contributed by atoms with E-state index in [0.29, 0.717) is 12.1 Å². The summed E-state index contributed by atoms with van der Waals surface area (Å²) in [5.41, 5.74) is 0. The molecule has 120 valence electrons. The minimum atomic E-state index is 0.464. The molecule has 20 heavy (non-hydrogen) atoms. The Morgan fingerprint density at radius 1 is 0.850 bits per heavy atom. The van der Waals surface area contributed by atoms with Gasteiger partial charge in [0.1, 0.15) is 0 Å². The van der Waals surface area contributed by atoms with Gasteiger partial charge in [0.05, 0.1) is 6.10 Å². The van der Waals surface area contributed by atoms with Crippen LogP contribution in [0.4, 0.5) is 0 Å². The zero-order chi connectivity index (χ0) is 14.5. The lowest BCUT2D eigenvalue weighted by Gasteiger charge is -2.30. The number of hydrogen-bond acceptors (Lipinski definition) is 2. The van der Waals surface area contributed by atoms with Gasteiger partial charge in [-0.05, 0) is 25.8 Å². The molecule has 1 fully saturated rings. The highest BCUT2D eigenvalue weighted by molar-refractivity contribution is 4.79. The fourth-order valence-electron chi connectivity index (χ4n) is 3.26. The first-order valence-electron chi connectivity index (χ1n) is 9.23. The molecule has 0 aliphatic heterocycles. The summed E-state index contributed by atoms with van der Waals surface area (Å²) in [6.45, 7) is 6.53. The molecule has 2 heteroatoms. The van der Waals surface area contributed by atoms with Crippen LogP contribution in [0.2, 0.25) is 0 Å². The summed E-state index contributed by atoms with van der Waals surface area (Å²) in [7, 11) is 0. The first-order valence-corrected chi connectivity index (χ1v) is 9.23. The van der Waals surface area contributed by atoms with Crippen molar-refractivity contribution < 1.29 is 4.74 Å². The fraction of sp³-hybridized carbons (Fsp3) is 1.00. The molecule has 0 heterocycles. The van der Waals surface area contributed by atoms with Crippen molar-refractivity contribution in [3.05, 3.63) is 0 Å². The van der Waals surface area contributed by atoms with Gasteiger partial charge in [0.15, 0.2) is 0 Å². The van der Waals surface area contributed by atoms with Crippen LogP contribution < -0.4 is 5.32 Å². The monoisotopic (exact) mass is 283 g/mol. The summed E-state index contributed by atoms with van der Waals surface area (Å²) < 4.78 is 6.23. The Hall–Kier alpha value is -0.0800. The zero-order valence-electron chi connectivity index (χ0n) is 14.0. The standard InChI is InChI=1S/C18H37NO/c1-3-5-6-7-10-13-16-20-18-15-12-9-8-11-14-17(18)19-4-2/h17-19H,3-16H2,1-2H3. The molecule has 0 aromatic heterocycles. The molecule has 2 unspecified atom stereocenters. The topological polar surface area (TPSA) is 21.3 Å². The van der Waals surface area contributed by atoms with Crippen molar-refractivity contribution in [3.8, 4) is 0 Å². The van der Waals surface area contributed by atoms with Crippen LogP contribution in [0, 0.1) is 0 Å². The second-order valence-corrected chi connectivity index (χ2v) is 6.33. The largest absolute Gasteiger partial charge is 0.377 e. The van der Waals surface area contributed by atoms with Crippen molar-refractivity contribution >= 4 is 0 Å². The molecule has 0 spiro atoms. The van der Waals surface area contributed by atoms with Crippen molar-refractivity contribution in [2.75, 3.05) is 13.2 Å². The smallest absolute Gasteiger partial charge is 0.0728 e. The quantitative estimate of drug-likeness (QED) is 0.566. The van der Waals surface area contributed by atoms with Crippen LogP contribution in [-0.4, -0.2) is 25.3 Å². The van der Waals surface area contributed by atoms with E-state index in [2.05, 4.69) is 19.2 Å². The van der Waals surface area contributed by atoms with E-state index in [-0.39, 0.29) is 0 Å². The SMILES string of the molecule is CCCCCCCCOC1CCCCCCC1NCC. The molecule has 0 radical (unpaired) electrons. The van der Waals surface area contributed by atoms with Crippen molar-refractivity contribution in [3.63, 3.8) is 0 Å². The maximum absolute atomic E-state index is 6.23. The Bertz CT molecular complexity index is 208. The molecule has 1 rings (SSSR count). The van der Waals surface area contributed by atoms with Crippen LogP contribution in [0.15, 0.2) is 0 Å². The third kappa shape index (κ3) is 8.26. The van der Waals surface area contributed by atoms with E-state index in [1.165, 1.54) is 77.0 Å². The maximum Gasteiger partial charge on any atom is 0.0728 e. The lowest BCUT2D eigenvalue weighted by Crippen LogP contribution is -2.42. The molecule has 1 aliphatic rings. The molecule has 2 nitrogen and oxygen atoms in total. The minimum absolute atomic E-state index is 0.464. The Labute approximate surface area is 127 Å². The third-order valence-electron chi connectivity index (χ3n) is 4.50. The van der Waals surface area contributed by atoms with Gasteiger partial charge in [0, 0.05) is 12.6 Å². The Kier molecular flexibility index (Phi) is 11.4. The second-order valence-electron chi connectivity index (χ2n) is 6.33. The number of nitrogens with one attached hydrogen (secondary N) is 1. The summed E-state index contributed by atoms with van der Waals surface area (Å²) in [5.74, 6) is 0. The first-order chi connectivity index (χ1) is 9.88. The van der Waals surface area contributed by atoms with Crippen LogP contribution in [0.25, 0.3) is 0 Å². The molecule has 0 amide bonds. The van der Waals surface area contributed by atoms with Gasteiger partial charge < -0.3 is 10.1 Å². The van der Waals surface area contributed by atoms with Crippen molar-refractivity contribution in [2.45, 2.75) is 103 Å². The van der Waals surface area contributed by atoms with Gasteiger partial charge in [0.2, 0.25) is 0 Å². The van der Waals surface area contributed by atoms with E-state index in [4.69, 9.17) is 4.74 Å². The number of ether oxygens (including phenoxy) is 1. The predicted octanol–water partition coefficient (Wildman–Crippen LogP) is 5.06. The van der Waals surface area contributed by atoms with E-state index < -0.39 is 0 Å². The van der Waals surface area contributed by atoms with Gasteiger partial charge >= 0.3 is 0 Å². The van der Waals surface area contributed by atoms with Gasteiger partial charge in [0.25, 0.3) is 0 Å². The molecule has 1 aliphatic carbocycles. The fourth-order valence-corrected chi connectivity index (χ4v) is 3.26. The summed E-state index contributed by atoms with van der Waals surface area (Å²) in [4.78, 5) is 0. The first kappa shape index (κ1) is 18.0. The summed E-state index contributed by atoms with van der Waals surface area (Å²) in [6, 6.07) is 0.598. The highest BCUT2D eigenvalue weighted by Crippen LogP contribution is 2.20. The molecular weight excluding hydrogens is 246 g/mol. The second kappa shape index (κ2) is 12.6. The minimum Gasteiger partial charge on any atom is -0.377 e. The Morgan fingerprint density at radius 2 is 1.55 bits per heavy atom. The molecule has 0 aromatic rings. The molecule has 0 bridgehead atoms. The average Bonchev–Trinajstić information content (AvgIpc) is 2.43. The van der Waals surface area contributed by atoms with Crippen LogP contribution in [0.1, 0.15) is 90.9 Å². The highest BCUT2D eigenvalue weighted by atomic mass is 16.5. The molecule has 1 N–H and O–H groups in total. The normalized spacial score (nSPS) is 24.3. The van der Waals surface area contributed by atoms with Crippen molar-refractivity contribution in [1.29, 1.82) is 0 Å². The van der Waals surface area contributed by atoms with Gasteiger partial charge in [-0.25, -0.2) is 0 Å². The Balaban J connectivity index is 2.15.